The Kier molecular flexibility index (Phi) is 2.41. The highest BCUT2D eigenvalue weighted by Gasteiger charge is 2.17. The molecule has 0 N–H and O–H groups in total. The lowest BCUT2D eigenvalue weighted by Gasteiger charge is -2.14. The van der Waals surface area contributed by atoms with Gasteiger partial charge in [0.05, 0.1) is 27.3 Å². The molecule has 5 aromatic rings. The van der Waals surface area contributed by atoms with Crippen LogP contribution in [0, 0.1) is 5.82 Å². The molecule has 0 aliphatic carbocycles. The first-order valence-electron chi connectivity index (χ1n) is 7.58. The fourth-order valence-corrected chi connectivity index (χ4v) is 3.57. The van der Waals surface area contributed by atoms with Crippen molar-refractivity contribution in [2.75, 3.05) is 0 Å². The molecule has 0 atom stereocenters. The van der Waals surface area contributed by atoms with Crippen LogP contribution in [0.2, 0.25) is 0 Å². The summed E-state index contributed by atoms with van der Waals surface area (Å²) in [6.07, 6.45) is 0. The molecule has 3 aromatic carbocycles. The van der Waals surface area contributed by atoms with Gasteiger partial charge in [0.15, 0.2) is 10.9 Å². The highest BCUT2D eigenvalue weighted by atomic mass is 19.1. The fraction of sp³-hybridized carbons (Fsp3) is 0. The summed E-state index contributed by atoms with van der Waals surface area (Å²) >= 11 is 0. The summed E-state index contributed by atoms with van der Waals surface area (Å²) in [4.78, 5) is 25.6. The first kappa shape index (κ1) is 13.2. The summed E-state index contributed by atoms with van der Waals surface area (Å²) < 4.78 is 16.0. The third-order valence-electron chi connectivity index (χ3n) is 4.57. The Balaban J connectivity index is 2.36. The lowest BCUT2D eigenvalue weighted by Crippen LogP contribution is -2.14. The van der Waals surface area contributed by atoms with Crippen molar-refractivity contribution < 1.29 is 4.39 Å². The Morgan fingerprint density at radius 2 is 1.12 bits per heavy atom. The summed E-state index contributed by atoms with van der Waals surface area (Å²) in [6, 6.07) is 16.8. The van der Waals surface area contributed by atoms with Crippen molar-refractivity contribution in [2.24, 2.45) is 0 Å². The average molecular weight is 315 g/mol. The summed E-state index contributed by atoms with van der Waals surface area (Å²) in [6.45, 7) is 0. The van der Waals surface area contributed by atoms with E-state index in [1.807, 2.05) is 28.7 Å². The first-order valence-corrected chi connectivity index (χ1v) is 7.58. The average Bonchev–Trinajstić information content (AvgIpc) is 2.61. The Bertz CT molecular complexity index is 1300. The predicted molar refractivity (Wildman–Crippen MR) is 93.6 cm³/mol. The molecule has 0 unspecified atom stereocenters. The largest absolute Gasteiger partial charge is 0.308 e. The molecule has 0 aliphatic heterocycles. The second kappa shape index (κ2) is 4.38. The van der Waals surface area contributed by atoms with Gasteiger partial charge in [0.2, 0.25) is 0 Å². The maximum Gasteiger partial charge on any atom is 0.197 e. The van der Waals surface area contributed by atoms with Crippen molar-refractivity contribution in [3.63, 3.8) is 0 Å². The zero-order valence-corrected chi connectivity index (χ0v) is 12.4. The molecular weight excluding hydrogens is 305 g/mol. The van der Waals surface area contributed by atoms with Crippen LogP contribution in [0.1, 0.15) is 0 Å². The van der Waals surface area contributed by atoms with Gasteiger partial charge in [0, 0.05) is 10.8 Å². The van der Waals surface area contributed by atoms with Crippen LogP contribution >= 0.6 is 0 Å². The number of hydrogen-bond donors (Lipinski definition) is 0. The van der Waals surface area contributed by atoms with Crippen LogP contribution in [-0.4, -0.2) is 4.40 Å². The lowest BCUT2D eigenvalue weighted by atomic mass is 10.0. The van der Waals surface area contributed by atoms with Gasteiger partial charge in [-0.3, -0.25) is 9.59 Å². The Morgan fingerprint density at radius 1 is 0.667 bits per heavy atom. The molecular formula is C20H10FNO2. The van der Waals surface area contributed by atoms with E-state index in [0.717, 1.165) is 0 Å². The molecule has 0 fully saturated rings. The number of aromatic nitrogens is 1. The molecule has 2 heterocycles. The normalized spacial score (nSPS) is 11.9. The van der Waals surface area contributed by atoms with Crippen molar-refractivity contribution in [3.05, 3.63) is 86.9 Å². The molecule has 0 radical (unpaired) electrons. The molecule has 5 rings (SSSR count). The van der Waals surface area contributed by atoms with Crippen LogP contribution in [-0.2, 0) is 0 Å². The van der Waals surface area contributed by atoms with E-state index in [0.29, 0.717) is 27.3 Å². The molecule has 0 spiro atoms. The topological polar surface area (TPSA) is 38.5 Å². The highest BCUT2D eigenvalue weighted by molar-refractivity contribution is 6.07. The molecule has 0 aliphatic rings. The van der Waals surface area contributed by atoms with Crippen LogP contribution in [0.5, 0.6) is 0 Å². The molecule has 3 nitrogen and oxygen atoms in total. The molecule has 0 bridgehead atoms. The minimum absolute atomic E-state index is 0.228. The standard InChI is InChI=1S/C20H10FNO2/c21-11-9-14-18-15(10-11)20(24)13-6-2-4-8-17(13)22(18)16-7-3-1-5-12(16)19(14)23/h1-10H. The zero-order valence-electron chi connectivity index (χ0n) is 12.4. The van der Waals surface area contributed by atoms with E-state index < -0.39 is 5.82 Å². The maximum atomic E-state index is 14.1. The highest BCUT2D eigenvalue weighted by Crippen LogP contribution is 2.27. The summed E-state index contributed by atoms with van der Waals surface area (Å²) in [5.41, 5.74) is 1.38. The van der Waals surface area contributed by atoms with Gasteiger partial charge in [-0.25, -0.2) is 4.39 Å². The molecule has 0 saturated carbocycles. The Hall–Kier alpha value is -3.27. The second-order valence-corrected chi connectivity index (χ2v) is 5.88. The van der Waals surface area contributed by atoms with E-state index in [2.05, 4.69) is 0 Å². The maximum absolute atomic E-state index is 14.1. The summed E-state index contributed by atoms with van der Waals surface area (Å²) in [7, 11) is 0. The van der Waals surface area contributed by atoms with Gasteiger partial charge in [-0.1, -0.05) is 24.3 Å². The lowest BCUT2D eigenvalue weighted by molar-refractivity contribution is 0.631. The van der Waals surface area contributed by atoms with Crippen molar-refractivity contribution in [1.82, 2.24) is 4.40 Å². The number of rotatable bonds is 0. The van der Waals surface area contributed by atoms with Crippen LogP contribution in [0.15, 0.2) is 70.3 Å². The minimum atomic E-state index is -0.579. The molecule has 114 valence electrons. The van der Waals surface area contributed by atoms with Crippen LogP contribution in [0.3, 0.4) is 0 Å². The van der Waals surface area contributed by atoms with Crippen LogP contribution < -0.4 is 10.9 Å². The number of para-hydroxylation sites is 2. The second-order valence-electron chi connectivity index (χ2n) is 5.88. The minimum Gasteiger partial charge on any atom is -0.308 e. The van der Waals surface area contributed by atoms with E-state index in [9.17, 15) is 14.0 Å². The number of benzene rings is 3. The van der Waals surface area contributed by atoms with E-state index in [1.165, 1.54) is 12.1 Å². The number of fused-ring (bicyclic) bond motifs is 4. The summed E-state index contributed by atoms with van der Waals surface area (Å²) in [5, 5.41) is 1.47. The first-order chi connectivity index (χ1) is 11.7. The number of pyridine rings is 2. The Morgan fingerprint density at radius 3 is 1.62 bits per heavy atom. The molecule has 4 heteroatoms. The van der Waals surface area contributed by atoms with E-state index >= 15 is 0 Å². The van der Waals surface area contributed by atoms with Crippen molar-refractivity contribution in [2.45, 2.75) is 0 Å². The number of halogens is 1. The molecule has 0 amide bonds. The molecule has 0 saturated heterocycles. The van der Waals surface area contributed by atoms with Gasteiger partial charge in [0.25, 0.3) is 0 Å². The van der Waals surface area contributed by atoms with Gasteiger partial charge in [-0.15, -0.1) is 0 Å². The van der Waals surface area contributed by atoms with Crippen molar-refractivity contribution >= 4 is 38.1 Å². The van der Waals surface area contributed by atoms with Gasteiger partial charge in [-0.05, 0) is 36.4 Å². The quantitative estimate of drug-likeness (QED) is 0.323. The van der Waals surface area contributed by atoms with E-state index in [4.69, 9.17) is 0 Å². The van der Waals surface area contributed by atoms with Gasteiger partial charge >= 0.3 is 0 Å². The molecule has 24 heavy (non-hydrogen) atoms. The monoisotopic (exact) mass is 315 g/mol. The van der Waals surface area contributed by atoms with Crippen LogP contribution in [0.25, 0.3) is 38.1 Å². The third kappa shape index (κ3) is 1.50. The van der Waals surface area contributed by atoms with Crippen molar-refractivity contribution in [1.29, 1.82) is 0 Å². The van der Waals surface area contributed by atoms with Crippen molar-refractivity contribution in [3.8, 4) is 0 Å². The number of nitrogens with zero attached hydrogens (tertiary/aromatic N) is 1. The fourth-order valence-electron chi connectivity index (χ4n) is 3.57. The third-order valence-corrected chi connectivity index (χ3v) is 4.57. The predicted octanol–water partition coefficient (Wildman–Crippen LogP) is 3.70. The number of hydrogen-bond acceptors (Lipinski definition) is 2. The van der Waals surface area contributed by atoms with E-state index in [1.54, 1.807) is 24.3 Å². The Labute approximate surface area is 134 Å². The van der Waals surface area contributed by atoms with Crippen LogP contribution in [0.4, 0.5) is 4.39 Å². The van der Waals surface area contributed by atoms with Gasteiger partial charge in [0.1, 0.15) is 5.82 Å². The SMILES string of the molecule is O=c1c2ccccc2n2c3ccccc3c(=O)c3cc(F)cc1c32. The van der Waals surface area contributed by atoms with Gasteiger partial charge < -0.3 is 4.40 Å². The van der Waals surface area contributed by atoms with E-state index in [-0.39, 0.29) is 21.6 Å². The smallest absolute Gasteiger partial charge is 0.197 e. The summed E-state index contributed by atoms with van der Waals surface area (Å²) in [5.74, 6) is -0.579. The zero-order chi connectivity index (χ0) is 16.4. The van der Waals surface area contributed by atoms with Gasteiger partial charge in [-0.2, -0.15) is 0 Å². The molecule has 2 aromatic heterocycles.